The SMILES string of the molecule is CCOC(=O)CC(=O)C1CCN(C(=O)OC(=O)C2CCN(C(=O)OCc3ccccc3)C(c3nnnn3C)C2)C(c2nnnn2C)C1. The van der Waals surface area contributed by atoms with Gasteiger partial charge in [-0.3, -0.25) is 24.2 Å². The molecular formula is C29H36N10O8. The number of likely N-dealkylation sites (tertiary alicyclic amines) is 2. The predicted molar refractivity (Wildman–Crippen MR) is 156 cm³/mol. The van der Waals surface area contributed by atoms with Crippen LogP contribution in [0.5, 0.6) is 0 Å². The van der Waals surface area contributed by atoms with Gasteiger partial charge in [-0.2, -0.15) is 0 Å². The van der Waals surface area contributed by atoms with Crippen molar-refractivity contribution in [3.8, 4) is 0 Å². The average molecular weight is 653 g/mol. The van der Waals surface area contributed by atoms with E-state index in [0.29, 0.717) is 11.6 Å². The molecule has 0 N–H and O–H groups in total. The van der Waals surface area contributed by atoms with Gasteiger partial charge >= 0.3 is 24.1 Å². The highest BCUT2D eigenvalue weighted by Gasteiger charge is 2.43. The number of nitrogens with zero attached hydrogens (tertiary/aromatic N) is 10. The summed E-state index contributed by atoms with van der Waals surface area (Å²) >= 11 is 0. The molecule has 0 bridgehead atoms. The Labute approximate surface area is 269 Å². The molecular weight excluding hydrogens is 616 g/mol. The number of ether oxygens (including phenoxy) is 3. The van der Waals surface area contributed by atoms with Crippen LogP contribution in [0, 0.1) is 11.8 Å². The van der Waals surface area contributed by atoms with E-state index in [1.165, 1.54) is 19.2 Å². The lowest BCUT2D eigenvalue weighted by Gasteiger charge is -2.38. The Bertz CT molecular complexity index is 1590. The minimum atomic E-state index is -0.916. The van der Waals surface area contributed by atoms with Gasteiger partial charge in [0.25, 0.3) is 0 Å². The molecule has 0 spiro atoms. The fourth-order valence-corrected chi connectivity index (χ4v) is 5.93. The van der Waals surface area contributed by atoms with E-state index in [-0.39, 0.29) is 64.2 Å². The monoisotopic (exact) mass is 652 g/mol. The lowest BCUT2D eigenvalue weighted by molar-refractivity contribution is -0.148. The Morgan fingerprint density at radius 1 is 0.787 bits per heavy atom. The third-order valence-electron chi connectivity index (χ3n) is 8.38. The number of hydrogen-bond acceptors (Lipinski definition) is 14. The van der Waals surface area contributed by atoms with E-state index >= 15 is 0 Å². The number of esters is 2. The number of aromatic nitrogens is 8. The first-order chi connectivity index (χ1) is 22.7. The minimum absolute atomic E-state index is 0.0573. The van der Waals surface area contributed by atoms with Crippen LogP contribution in [-0.2, 0) is 49.3 Å². The van der Waals surface area contributed by atoms with E-state index < -0.39 is 48.0 Å². The summed E-state index contributed by atoms with van der Waals surface area (Å²) in [5.74, 6) is -2.40. The second-order valence-corrected chi connectivity index (χ2v) is 11.4. The molecule has 2 aliphatic heterocycles. The number of rotatable bonds is 9. The van der Waals surface area contributed by atoms with Gasteiger partial charge in [-0.15, -0.1) is 10.2 Å². The molecule has 1 aromatic carbocycles. The third kappa shape index (κ3) is 7.75. The van der Waals surface area contributed by atoms with Crippen LogP contribution >= 0.6 is 0 Å². The number of carbonyl (C=O) groups is 5. The second kappa shape index (κ2) is 14.9. The fraction of sp³-hybridized carbons (Fsp3) is 0.552. The summed E-state index contributed by atoms with van der Waals surface area (Å²) in [6.07, 6.45) is -1.23. The molecule has 250 valence electrons. The molecule has 2 aromatic heterocycles. The maximum absolute atomic E-state index is 13.5. The molecule has 4 unspecified atom stereocenters. The van der Waals surface area contributed by atoms with Crippen LogP contribution in [0.15, 0.2) is 30.3 Å². The van der Waals surface area contributed by atoms with Crippen molar-refractivity contribution in [3.63, 3.8) is 0 Å². The Balaban J connectivity index is 1.26. The van der Waals surface area contributed by atoms with Gasteiger partial charge in [0.15, 0.2) is 11.6 Å². The Kier molecular flexibility index (Phi) is 10.5. The summed E-state index contributed by atoms with van der Waals surface area (Å²) < 4.78 is 18.7. The van der Waals surface area contributed by atoms with Crippen LogP contribution in [0.3, 0.4) is 0 Å². The van der Waals surface area contributed by atoms with Crippen molar-refractivity contribution in [1.29, 1.82) is 0 Å². The van der Waals surface area contributed by atoms with Crippen molar-refractivity contribution in [2.24, 2.45) is 25.9 Å². The predicted octanol–water partition coefficient (Wildman–Crippen LogP) is 1.46. The van der Waals surface area contributed by atoms with Crippen molar-refractivity contribution in [3.05, 3.63) is 47.5 Å². The highest BCUT2D eigenvalue weighted by atomic mass is 16.6. The number of piperidine rings is 2. The zero-order valence-corrected chi connectivity index (χ0v) is 26.3. The average Bonchev–Trinajstić information content (AvgIpc) is 3.70. The number of benzene rings is 1. The standard InChI is InChI=1S/C29H36N10O8/c1-4-45-24(41)16-23(40)19-10-12-39(21(14-19)25-30-32-34-36(25)2)29(44)47-27(42)20-11-13-38(22(15-20)26-31-33-35-37(26)3)28(43)46-17-18-8-6-5-7-9-18/h5-9,19-22H,4,10-17H2,1-3H3. The molecule has 0 saturated carbocycles. The Morgan fingerprint density at radius 2 is 1.36 bits per heavy atom. The molecule has 2 amide bonds. The molecule has 47 heavy (non-hydrogen) atoms. The quantitative estimate of drug-likeness (QED) is 0.182. The summed E-state index contributed by atoms with van der Waals surface area (Å²) in [5, 5.41) is 23.1. The van der Waals surface area contributed by atoms with Gasteiger partial charge in [-0.25, -0.2) is 19.0 Å². The summed E-state index contributed by atoms with van der Waals surface area (Å²) in [4.78, 5) is 67.7. The van der Waals surface area contributed by atoms with Crippen molar-refractivity contribution in [2.45, 2.75) is 57.7 Å². The van der Waals surface area contributed by atoms with Crippen LogP contribution in [-0.4, -0.2) is 99.8 Å². The first-order valence-electron chi connectivity index (χ1n) is 15.3. The van der Waals surface area contributed by atoms with Crippen LogP contribution in [0.2, 0.25) is 0 Å². The number of ketones is 1. The minimum Gasteiger partial charge on any atom is -0.466 e. The third-order valence-corrected chi connectivity index (χ3v) is 8.38. The topological polar surface area (TPSA) is 207 Å². The van der Waals surface area contributed by atoms with E-state index in [4.69, 9.17) is 14.2 Å². The van der Waals surface area contributed by atoms with Gasteiger partial charge in [0.2, 0.25) is 0 Å². The summed E-state index contributed by atoms with van der Waals surface area (Å²) in [5.41, 5.74) is 0.817. The zero-order valence-electron chi connectivity index (χ0n) is 26.3. The smallest absolute Gasteiger partial charge is 0.418 e. The maximum atomic E-state index is 13.5. The Hall–Kier alpha value is -5.29. The van der Waals surface area contributed by atoms with Gasteiger partial charge < -0.3 is 14.2 Å². The molecule has 5 rings (SSSR count). The number of carbonyl (C=O) groups excluding carboxylic acids is 5. The van der Waals surface area contributed by atoms with Gasteiger partial charge in [-0.05, 0) is 59.0 Å². The van der Waals surface area contributed by atoms with Crippen LogP contribution in [0.1, 0.15) is 68.3 Å². The molecule has 0 aliphatic carbocycles. The van der Waals surface area contributed by atoms with Gasteiger partial charge in [-0.1, -0.05) is 30.3 Å². The molecule has 0 radical (unpaired) electrons. The van der Waals surface area contributed by atoms with Crippen LogP contribution < -0.4 is 0 Å². The van der Waals surface area contributed by atoms with Crippen molar-refractivity contribution >= 4 is 29.9 Å². The lowest BCUT2D eigenvalue weighted by Crippen LogP contribution is -2.47. The molecule has 3 aromatic rings. The molecule has 18 nitrogen and oxygen atoms in total. The molecule has 2 aliphatic rings. The summed E-state index contributed by atoms with van der Waals surface area (Å²) in [6.45, 7) is 2.06. The second-order valence-electron chi connectivity index (χ2n) is 11.4. The number of hydrogen-bond donors (Lipinski definition) is 0. The Morgan fingerprint density at radius 3 is 1.94 bits per heavy atom. The fourth-order valence-electron chi connectivity index (χ4n) is 5.93. The van der Waals surface area contributed by atoms with Gasteiger partial charge in [0, 0.05) is 33.1 Å². The molecule has 2 saturated heterocycles. The van der Waals surface area contributed by atoms with E-state index in [2.05, 4.69) is 31.1 Å². The van der Waals surface area contributed by atoms with E-state index in [9.17, 15) is 24.0 Å². The van der Waals surface area contributed by atoms with E-state index in [1.54, 1.807) is 21.0 Å². The molecule has 4 atom stereocenters. The number of tetrazole rings is 2. The van der Waals surface area contributed by atoms with Crippen molar-refractivity contribution in [1.82, 2.24) is 50.2 Å². The largest absolute Gasteiger partial charge is 0.466 e. The highest BCUT2D eigenvalue weighted by Crippen LogP contribution is 2.37. The molecule has 2 fully saturated rings. The summed E-state index contributed by atoms with van der Waals surface area (Å²) in [7, 11) is 3.21. The highest BCUT2D eigenvalue weighted by molar-refractivity contribution is 5.97. The van der Waals surface area contributed by atoms with Crippen molar-refractivity contribution < 1.29 is 38.2 Å². The normalized spacial score (nSPS) is 21.2. The maximum Gasteiger partial charge on any atom is 0.418 e. The van der Waals surface area contributed by atoms with Crippen molar-refractivity contribution in [2.75, 3.05) is 19.7 Å². The first-order valence-corrected chi connectivity index (χ1v) is 15.3. The lowest BCUT2D eigenvalue weighted by atomic mass is 9.86. The molecule has 4 heterocycles. The number of Topliss-reactive ketones (excluding diaryl/α,β-unsaturated/α-hetero) is 1. The number of amides is 2. The summed E-state index contributed by atoms with van der Waals surface area (Å²) in [6, 6.07) is 7.71. The van der Waals surface area contributed by atoms with E-state index in [0.717, 1.165) is 5.56 Å². The first kappa shape index (κ1) is 33.1. The van der Waals surface area contributed by atoms with Crippen LogP contribution in [0.4, 0.5) is 9.59 Å². The number of aryl methyl sites for hydroxylation is 2. The van der Waals surface area contributed by atoms with Gasteiger partial charge in [0.05, 0.1) is 24.6 Å². The van der Waals surface area contributed by atoms with E-state index in [1.807, 2.05) is 30.3 Å². The zero-order chi connectivity index (χ0) is 33.5. The van der Waals surface area contributed by atoms with Crippen LogP contribution in [0.25, 0.3) is 0 Å². The molecule has 18 heteroatoms. The van der Waals surface area contributed by atoms with Gasteiger partial charge in [0.1, 0.15) is 18.8 Å².